The largest absolute Gasteiger partial charge is 0.394 e. The zero-order valence-electron chi connectivity index (χ0n) is 22.9. The van der Waals surface area contributed by atoms with Crippen LogP contribution in [0.2, 0.25) is 0 Å². The van der Waals surface area contributed by atoms with Crippen molar-refractivity contribution >= 4 is 5.91 Å². The minimum Gasteiger partial charge on any atom is -0.394 e. The number of aliphatic hydroxyl groups is 2. The molecule has 0 aliphatic rings. The highest BCUT2D eigenvalue weighted by Crippen LogP contribution is 2.14. The van der Waals surface area contributed by atoms with Gasteiger partial charge in [0.2, 0.25) is 5.91 Å². The molecule has 0 bridgehead atoms. The van der Waals surface area contributed by atoms with Crippen LogP contribution in [-0.4, -0.2) is 34.9 Å². The molecule has 34 heavy (non-hydrogen) atoms. The maximum atomic E-state index is 11.8. The lowest BCUT2D eigenvalue weighted by Crippen LogP contribution is -2.45. The van der Waals surface area contributed by atoms with Crippen LogP contribution in [0.1, 0.15) is 155 Å². The molecule has 0 saturated heterocycles. The Morgan fingerprint density at radius 3 is 1.50 bits per heavy atom. The van der Waals surface area contributed by atoms with Crippen molar-refractivity contribution in [3.05, 3.63) is 12.2 Å². The van der Waals surface area contributed by atoms with Crippen LogP contribution in [0.25, 0.3) is 0 Å². The predicted molar refractivity (Wildman–Crippen MR) is 147 cm³/mol. The molecule has 0 spiro atoms. The summed E-state index contributed by atoms with van der Waals surface area (Å²) in [4.78, 5) is 11.8. The van der Waals surface area contributed by atoms with Crippen molar-refractivity contribution in [3.63, 3.8) is 0 Å². The average Bonchev–Trinajstić information content (AvgIpc) is 2.84. The molecular weight excluding hydrogens is 422 g/mol. The van der Waals surface area contributed by atoms with Crippen molar-refractivity contribution in [2.75, 3.05) is 6.61 Å². The SMILES string of the molecule is CCCCCCCCCCCCCCCCCCCC/C=C/C(O)C(CO)NC(=O)CCCC. The highest BCUT2D eigenvalue weighted by atomic mass is 16.3. The zero-order chi connectivity index (χ0) is 25.1. The van der Waals surface area contributed by atoms with Crippen LogP contribution in [0.4, 0.5) is 0 Å². The Kier molecular flexibility index (Phi) is 26.0. The fraction of sp³-hybridized carbons (Fsp3) is 0.900. The first-order valence-corrected chi connectivity index (χ1v) is 14.9. The third-order valence-electron chi connectivity index (χ3n) is 6.77. The van der Waals surface area contributed by atoms with Crippen molar-refractivity contribution in [1.29, 1.82) is 0 Å². The maximum absolute atomic E-state index is 11.8. The number of rotatable bonds is 26. The highest BCUT2D eigenvalue weighted by Gasteiger charge is 2.17. The summed E-state index contributed by atoms with van der Waals surface area (Å²) in [7, 11) is 0. The Morgan fingerprint density at radius 1 is 0.676 bits per heavy atom. The van der Waals surface area contributed by atoms with Crippen molar-refractivity contribution in [2.45, 2.75) is 167 Å². The Balaban J connectivity index is 3.43. The first kappa shape index (κ1) is 33.1. The number of aliphatic hydroxyl groups excluding tert-OH is 2. The molecule has 2 unspecified atom stereocenters. The van der Waals surface area contributed by atoms with Crippen molar-refractivity contribution in [2.24, 2.45) is 0 Å². The number of hydrogen-bond donors (Lipinski definition) is 3. The van der Waals surface area contributed by atoms with Gasteiger partial charge in [0.15, 0.2) is 0 Å². The smallest absolute Gasteiger partial charge is 0.220 e. The van der Waals surface area contributed by atoms with E-state index in [1.807, 2.05) is 13.0 Å². The van der Waals surface area contributed by atoms with E-state index in [1.165, 1.54) is 109 Å². The van der Waals surface area contributed by atoms with Gasteiger partial charge in [-0.15, -0.1) is 0 Å². The minimum atomic E-state index is -0.828. The summed E-state index contributed by atoms with van der Waals surface area (Å²) in [6.45, 7) is 4.07. The maximum Gasteiger partial charge on any atom is 0.220 e. The first-order valence-electron chi connectivity index (χ1n) is 14.9. The van der Waals surface area contributed by atoms with Crippen molar-refractivity contribution in [3.8, 4) is 0 Å². The van der Waals surface area contributed by atoms with E-state index >= 15 is 0 Å². The molecule has 0 radical (unpaired) electrons. The number of carbonyl (C=O) groups excluding carboxylic acids is 1. The quantitative estimate of drug-likeness (QED) is 0.0865. The molecule has 202 valence electrons. The molecule has 3 N–H and O–H groups in total. The Bertz CT molecular complexity index is 452. The van der Waals surface area contributed by atoms with Gasteiger partial charge < -0.3 is 15.5 Å². The van der Waals surface area contributed by atoms with Crippen LogP contribution in [0.15, 0.2) is 12.2 Å². The fourth-order valence-corrected chi connectivity index (χ4v) is 4.39. The summed E-state index contributed by atoms with van der Waals surface area (Å²) >= 11 is 0. The monoisotopic (exact) mass is 481 g/mol. The molecular formula is C30H59NO3. The van der Waals surface area contributed by atoms with Gasteiger partial charge in [-0.2, -0.15) is 0 Å². The van der Waals surface area contributed by atoms with E-state index in [-0.39, 0.29) is 12.5 Å². The lowest BCUT2D eigenvalue weighted by atomic mass is 10.0. The van der Waals surface area contributed by atoms with Gasteiger partial charge in [-0.1, -0.05) is 142 Å². The van der Waals surface area contributed by atoms with Gasteiger partial charge in [-0.25, -0.2) is 0 Å². The summed E-state index contributed by atoms with van der Waals surface area (Å²) in [5, 5.41) is 22.3. The summed E-state index contributed by atoms with van der Waals surface area (Å²) in [5.41, 5.74) is 0. The Hall–Kier alpha value is -0.870. The van der Waals surface area contributed by atoms with Gasteiger partial charge in [0.25, 0.3) is 0 Å². The molecule has 0 aliphatic carbocycles. The number of unbranched alkanes of at least 4 members (excludes halogenated alkanes) is 19. The summed E-state index contributed by atoms with van der Waals surface area (Å²) in [6, 6.07) is -0.610. The topological polar surface area (TPSA) is 69.6 Å². The van der Waals surface area contributed by atoms with Crippen LogP contribution >= 0.6 is 0 Å². The average molecular weight is 482 g/mol. The number of carbonyl (C=O) groups is 1. The third kappa shape index (κ3) is 22.9. The molecule has 0 rings (SSSR count). The van der Waals surface area contributed by atoms with E-state index in [4.69, 9.17) is 0 Å². The molecule has 4 heteroatoms. The van der Waals surface area contributed by atoms with Crippen molar-refractivity contribution in [1.82, 2.24) is 5.32 Å². The molecule has 0 saturated carbocycles. The second kappa shape index (κ2) is 26.7. The number of allylic oxidation sites excluding steroid dienone is 1. The van der Waals surface area contributed by atoms with Gasteiger partial charge >= 0.3 is 0 Å². The van der Waals surface area contributed by atoms with E-state index in [9.17, 15) is 15.0 Å². The summed E-state index contributed by atoms with van der Waals surface area (Å²) < 4.78 is 0. The van der Waals surface area contributed by atoms with E-state index < -0.39 is 12.1 Å². The van der Waals surface area contributed by atoms with Crippen LogP contribution in [0, 0.1) is 0 Å². The molecule has 1 amide bonds. The first-order chi connectivity index (χ1) is 16.7. The Labute approximate surface area is 212 Å². The lowest BCUT2D eigenvalue weighted by molar-refractivity contribution is -0.123. The van der Waals surface area contributed by atoms with Crippen molar-refractivity contribution < 1.29 is 15.0 Å². The molecule has 0 fully saturated rings. The number of hydrogen-bond acceptors (Lipinski definition) is 3. The van der Waals surface area contributed by atoms with Gasteiger partial charge in [0.05, 0.1) is 18.8 Å². The summed E-state index contributed by atoms with van der Waals surface area (Å²) in [5.74, 6) is -0.100. The van der Waals surface area contributed by atoms with E-state index in [2.05, 4.69) is 12.2 Å². The predicted octanol–water partition coefficient (Wildman–Crippen LogP) is 8.00. The molecule has 0 aromatic rings. The molecule has 4 nitrogen and oxygen atoms in total. The highest BCUT2D eigenvalue weighted by molar-refractivity contribution is 5.76. The van der Waals surface area contributed by atoms with E-state index in [1.54, 1.807) is 6.08 Å². The fourth-order valence-electron chi connectivity index (χ4n) is 4.39. The van der Waals surface area contributed by atoms with Gasteiger partial charge in [-0.3, -0.25) is 4.79 Å². The van der Waals surface area contributed by atoms with E-state index in [0.717, 1.165) is 25.7 Å². The lowest BCUT2D eigenvalue weighted by Gasteiger charge is -2.19. The standard InChI is InChI=1S/C30H59NO3/c1-3-5-7-8-9-10-11-12-13-14-15-16-17-18-19-20-21-22-23-24-25-29(33)28(27-32)31-30(34)26-6-4-2/h24-25,28-29,32-33H,3-23,26-27H2,1-2H3,(H,31,34)/b25-24+. The van der Waals surface area contributed by atoms with Gasteiger partial charge in [0.1, 0.15) is 0 Å². The van der Waals surface area contributed by atoms with Crippen LogP contribution in [0.5, 0.6) is 0 Å². The minimum absolute atomic E-state index is 0.100. The van der Waals surface area contributed by atoms with E-state index in [0.29, 0.717) is 6.42 Å². The third-order valence-corrected chi connectivity index (χ3v) is 6.77. The Morgan fingerprint density at radius 2 is 1.09 bits per heavy atom. The molecule has 0 aliphatic heterocycles. The van der Waals surface area contributed by atoms with Crippen LogP contribution < -0.4 is 5.32 Å². The number of nitrogens with one attached hydrogen (secondary N) is 1. The van der Waals surface area contributed by atoms with Gasteiger partial charge in [0, 0.05) is 6.42 Å². The second-order valence-electron chi connectivity index (χ2n) is 10.2. The molecule has 0 aromatic heterocycles. The normalized spacial score (nSPS) is 13.4. The van der Waals surface area contributed by atoms with Gasteiger partial charge in [-0.05, 0) is 19.3 Å². The molecule has 0 aromatic carbocycles. The second-order valence-corrected chi connectivity index (χ2v) is 10.2. The number of amides is 1. The molecule has 0 heterocycles. The summed E-state index contributed by atoms with van der Waals surface area (Å²) in [6.07, 6.45) is 30.9. The zero-order valence-corrected chi connectivity index (χ0v) is 22.9. The van der Waals surface area contributed by atoms with Crippen LogP contribution in [0.3, 0.4) is 0 Å². The molecule has 2 atom stereocenters. The van der Waals surface area contributed by atoms with Crippen LogP contribution in [-0.2, 0) is 4.79 Å².